The number of nitrogens with two attached hydrogens (primary N) is 1. The molecule has 1 fully saturated rings. The number of anilines is 1. The number of hydrogen-bond acceptors (Lipinski definition) is 3. The van der Waals surface area contributed by atoms with Gasteiger partial charge in [-0.1, -0.05) is 12.1 Å². The first-order chi connectivity index (χ1) is 10.3. The van der Waals surface area contributed by atoms with Crippen LogP contribution < -0.4 is 16.4 Å². The Labute approximate surface area is 143 Å². The van der Waals surface area contributed by atoms with Crippen molar-refractivity contribution >= 4 is 29.9 Å². The van der Waals surface area contributed by atoms with E-state index in [9.17, 15) is 9.59 Å². The van der Waals surface area contributed by atoms with Crippen LogP contribution in [0.4, 0.5) is 5.69 Å². The van der Waals surface area contributed by atoms with E-state index in [-0.39, 0.29) is 41.7 Å². The Morgan fingerprint density at radius 3 is 2.39 bits per heavy atom. The zero-order valence-corrected chi connectivity index (χ0v) is 14.7. The number of benzene rings is 1. The van der Waals surface area contributed by atoms with Crippen LogP contribution in [0.15, 0.2) is 24.3 Å². The van der Waals surface area contributed by atoms with E-state index in [1.165, 1.54) is 0 Å². The normalized spacial score (nSPS) is 20.5. The van der Waals surface area contributed by atoms with Crippen LogP contribution in [0.5, 0.6) is 0 Å². The zero-order valence-electron chi connectivity index (χ0n) is 13.9. The van der Waals surface area contributed by atoms with Crippen LogP contribution >= 0.6 is 12.4 Å². The molecular formula is C17H26ClN3O2. The van der Waals surface area contributed by atoms with Crippen LogP contribution in [0, 0.1) is 5.92 Å². The van der Waals surface area contributed by atoms with Crippen molar-refractivity contribution in [2.45, 2.75) is 51.6 Å². The van der Waals surface area contributed by atoms with E-state index in [1.54, 1.807) is 18.2 Å². The number of nitrogens with one attached hydrogen (secondary N) is 2. The molecule has 1 aromatic rings. The average Bonchev–Trinajstić information content (AvgIpc) is 2.84. The summed E-state index contributed by atoms with van der Waals surface area (Å²) in [7, 11) is 0. The Kier molecular flexibility index (Phi) is 6.59. The smallest absolute Gasteiger partial charge is 0.253 e. The first-order valence-corrected chi connectivity index (χ1v) is 7.74. The summed E-state index contributed by atoms with van der Waals surface area (Å²) in [6, 6.07) is 7.18. The minimum Gasteiger partial charge on any atom is -0.347 e. The topological polar surface area (TPSA) is 84.2 Å². The van der Waals surface area contributed by atoms with Gasteiger partial charge in [0.15, 0.2) is 0 Å². The van der Waals surface area contributed by atoms with Crippen molar-refractivity contribution in [3.63, 3.8) is 0 Å². The number of rotatable bonds is 3. The van der Waals surface area contributed by atoms with Gasteiger partial charge in [0.25, 0.3) is 5.91 Å². The number of amides is 2. The van der Waals surface area contributed by atoms with Gasteiger partial charge in [-0.3, -0.25) is 9.59 Å². The zero-order chi connectivity index (χ0) is 16.3. The molecular weight excluding hydrogens is 314 g/mol. The molecule has 0 heterocycles. The van der Waals surface area contributed by atoms with E-state index in [1.807, 2.05) is 26.8 Å². The van der Waals surface area contributed by atoms with Crippen molar-refractivity contribution in [2.24, 2.45) is 11.7 Å². The van der Waals surface area contributed by atoms with Gasteiger partial charge < -0.3 is 16.4 Å². The van der Waals surface area contributed by atoms with Crippen molar-refractivity contribution in [1.29, 1.82) is 0 Å². The van der Waals surface area contributed by atoms with Gasteiger partial charge in [0.1, 0.15) is 0 Å². The Morgan fingerprint density at radius 2 is 1.83 bits per heavy atom. The van der Waals surface area contributed by atoms with Gasteiger partial charge in [-0.25, -0.2) is 0 Å². The van der Waals surface area contributed by atoms with Gasteiger partial charge in [-0.05, 0) is 52.2 Å². The fourth-order valence-corrected chi connectivity index (χ4v) is 2.69. The molecule has 0 aromatic heterocycles. The molecule has 2 unspecified atom stereocenters. The molecule has 5 nitrogen and oxygen atoms in total. The summed E-state index contributed by atoms with van der Waals surface area (Å²) >= 11 is 0. The molecule has 0 aliphatic heterocycles. The minimum atomic E-state index is -0.327. The fraction of sp³-hybridized carbons (Fsp3) is 0.529. The number of hydrogen-bond donors (Lipinski definition) is 3. The summed E-state index contributed by atoms with van der Waals surface area (Å²) in [5, 5.41) is 5.80. The Hall–Kier alpha value is -1.59. The number of para-hydroxylation sites is 1. The summed E-state index contributed by atoms with van der Waals surface area (Å²) < 4.78 is 0. The lowest BCUT2D eigenvalue weighted by Crippen LogP contribution is -2.41. The van der Waals surface area contributed by atoms with Crippen LogP contribution in [0.1, 0.15) is 50.4 Å². The molecule has 2 rings (SSSR count). The first kappa shape index (κ1) is 19.5. The largest absolute Gasteiger partial charge is 0.347 e. The first-order valence-electron chi connectivity index (χ1n) is 7.74. The molecule has 2 atom stereocenters. The van der Waals surface area contributed by atoms with Crippen molar-refractivity contribution in [2.75, 3.05) is 5.32 Å². The maximum Gasteiger partial charge on any atom is 0.253 e. The van der Waals surface area contributed by atoms with Crippen LogP contribution in [0.25, 0.3) is 0 Å². The third-order valence-electron chi connectivity index (χ3n) is 3.76. The molecule has 2 amide bonds. The lowest BCUT2D eigenvalue weighted by atomic mass is 10.0. The molecule has 1 aromatic carbocycles. The number of halogens is 1. The van der Waals surface area contributed by atoms with Crippen molar-refractivity contribution in [3.05, 3.63) is 29.8 Å². The monoisotopic (exact) mass is 339 g/mol. The maximum atomic E-state index is 12.4. The molecule has 23 heavy (non-hydrogen) atoms. The van der Waals surface area contributed by atoms with Gasteiger partial charge in [0, 0.05) is 17.5 Å². The van der Waals surface area contributed by atoms with E-state index in [4.69, 9.17) is 5.73 Å². The van der Waals surface area contributed by atoms with Gasteiger partial charge in [-0.15, -0.1) is 12.4 Å². The molecule has 0 radical (unpaired) electrons. The van der Waals surface area contributed by atoms with Crippen molar-refractivity contribution in [1.82, 2.24) is 5.32 Å². The Morgan fingerprint density at radius 1 is 1.17 bits per heavy atom. The third-order valence-corrected chi connectivity index (χ3v) is 3.76. The quantitative estimate of drug-likeness (QED) is 0.791. The van der Waals surface area contributed by atoms with E-state index < -0.39 is 0 Å². The van der Waals surface area contributed by atoms with E-state index in [0.29, 0.717) is 17.7 Å². The second-order valence-electron chi connectivity index (χ2n) is 7.01. The molecule has 0 spiro atoms. The molecule has 1 saturated carbocycles. The SMILES string of the molecule is CC(C)(C)NC(=O)c1ccccc1NC(=O)C1CCC(N)C1.Cl. The van der Waals surface area contributed by atoms with Crippen molar-refractivity contribution < 1.29 is 9.59 Å². The van der Waals surface area contributed by atoms with Crippen LogP contribution in [-0.2, 0) is 4.79 Å². The number of carbonyl (C=O) groups is 2. The van der Waals surface area contributed by atoms with Crippen LogP contribution in [-0.4, -0.2) is 23.4 Å². The lowest BCUT2D eigenvalue weighted by molar-refractivity contribution is -0.119. The highest BCUT2D eigenvalue weighted by Crippen LogP contribution is 2.26. The molecule has 6 heteroatoms. The maximum absolute atomic E-state index is 12.4. The van der Waals surface area contributed by atoms with E-state index in [2.05, 4.69) is 10.6 Å². The predicted molar refractivity (Wildman–Crippen MR) is 94.9 cm³/mol. The summed E-state index contributed by atoms with van der Waals surface area (Å²) in [5.74, 6) is -0.302. The van der Waals surface area contributed by atoms with Crippen LogP contribution in [0.2, 0.25) is 0 Å². The highest BCUT2D eigenvalue weighted by molar-refractivity contribution is 6.04. The molecule has 1 aliphatic rings. The van der Waals surface area contributed by atoms with Gasteiger partial charge in [0.05, 0.1) is 11.3 Å². The van der Waals surface area contributed by atoms with Gasteiger partial charge in [-0.2, -0.15) is 0 Å². The number of carbonyl (C=O) groups excluding carboxylic acids is 2. The third kappa shape index (κ3) is 5.52. The van der Waals surface area contributed by atoms with E-state index >= 15 is 0 Å². The Bertz CT molecular complexity index is 569. The molecule has 1 aliphatic carbocycles. The van der Waals surface area contributed by atoms with Gasteiger partial charge >= 0.3 is 0 Å². The van der Waals surface area contributed by atoms with Gasteiger partial charge in [0.2, 0.25) is 5.91 Å². The summed E-state index contributed by atoms with van der Waals surface area (Å²) in [4.78, 5) is 24.7. The standard InChI is InChI=1S/C17H25N3O2.ClH/c1-17(2,3)20-16(22)13-6-4-5-7-14(13)19-15(21)11-8-9-12(18)10-11;/h4-7,11-12H,8-10,18H2,1-3H3,(H,19,21)(H,20,22);1H. The molecule has 128 valence electrons. The van der Waals surface area contributed by atoms with E-state index in [0.717, 1.165) is 12.8 Å². The molecule has 0 saturated heterocycles. The fourth-order valence-electron chi connectivity index (χ4n) is 2.69. The molecule has 0 bridgehead atoms. The second-order valence-corrected chi connectivity index (χ2v) is 7.01. The van der Waals surface area contributed by atoms with Crippen LogP contribution in [0.3, 0.4) is 0 Å². The van der Waals surface area contributed by atoms with Crippen molar-refractivity contribution in [3.8, 4) is 0 Å². The summed E-state index contributed by atoms with van der Waals surface area (Å²) in [5.41, 5.74) is 6.56. The Balaban J connectivity index is 0.00000264. The predicted octanol–water partition coefficient (Wildman–Crippen LogP) is 2.70. The lowest BCUT2D eigenvalue weighted by Gasteiger charge is -2.22. The summed E-state index contributed by atoms with van der Waals surface area (Å²) in [6.45, 7) is 5.77. The minimum absolute atomic E-state index is 0. The highest BCUT2D eigenvalue weighted by atomic mass is 35.5. The second kappa shape index (κ2) is 7.79. The molecule has 4 N–H and O–H groups in total. The highest BCUT2D eigenvalue weighted by Gasteiger charge is 2.28. The summed E-state index contributed by atoms with van der Waals surface area (Å²) in [6.07, 6.45) is 2.40. The average molecular weight is 340 g/mol.